The summed E-state index contributed by atoms with van der Waals surface area (Å²) >= 11 is 0. The Morgan fingerprint density at radius 2 is 2.13 bits per heavy atom. The summed E-state index contributed by atoms with van der Waals surface area (Å²) in [7, 11) is 0. The Kier molecular flexibility index (Phi) is 4.24. The van der Waals surface area contributed by atoms with E-state index in [1.54, 1.807) is 0 Å². The second kappa shape index (κ2) is 5.92. The van der Waals surface area contributed by atoms with Crippen molar-refractivity contribution in [2.24, 2.45) is 29.1 Å². The average Bonchev–Trinajstić information content (AvgIpc) is 2.49. The lowest BCUT2D eigenvalue weighted by Crippen LogP contribution is -2.49. The van der Waals surface area contributed by atoms with E-state index in [4.69, 9.17) is 4.74 Å². The molecule has 3 aliphatic carbocycles. The van der Waals surface area contributed by atoms with Crippen molar-refractivity contribution >= 4 is 11.8 Å². The Morgan fingerprint density at radius 1 is 1.39 bits per heavy atom. The van der Waals surface area contributed by atoms with Crippen molar-refractivity contribution in [3.8, 4) is 0 Å². The highest BCUT2D eigenvalue weighted by molar-refractivity contribution is 5.91. The summed E-state index contributed by atoms with van der Waals surface area (Å²) in [4.78, 5) is 23.1. The van der Waals surface area contributed by atoms with E-state index in [2.05, 4.69) is 26.0 Å². The third kappa shape index (κ3) is 2.79. The van der Waals surface area contributed by atoms with Gasteiger partial charge in [-0.25, -0.2) is 0 Å². The molecule has 1 saturated carbocycles. The van der Waals surface area contributed by atoms with Gasteiger partial charge in [0.05, 0.1) is 0 Å². The predicted octanol–water partition coefficient (Wildman–Crippen LogP) is 4.08. The van der Waals surface area contributed by atoms with Crippen LogP contribution in [-0.2, 0) is 14.3 Å². The third-order valence-electron chi connectivity index (χ3n) is 6.88. The first kappa shape index (κ1) is 16.5. The zero-order valence-electron chi connectivity index (χ0n) is 14.7. The monoisotopic (exact) mass is 316 g/mol. The van der Waals surface area contributed by atoms with E-state index >= 15 is 0 Å². The maximum atomic E-state index is 11.7. The average molecular weight is 316 g/mol. The van der Waals surface area contributed by atoms with Gasteiger partial charge in [0.1, 0.15) is 6.10 Å². The second-order valence-corrected chi connectivity index (χ2v) is 7.94. The number of ketones is 1. The molecular weight excluding hydrogens is 288 g/mol. The number of hydrogen-bond donors (Lipinski definition) is 0. The minimum Gasteiger partial charge on any atom is -0.462 e. The minimum atomic E-state index is -0.191. The lowest BCUT2D eigenvalue weighted by molar-refractivity contribution is -0.158. The Labute approximate surface area is 139 Å². The Hall–Kier alpha value is -1.38. The molecule has 0 aromatic rings. The van der Waals surface area contributed by atoms with E-state index in [-0.39, 0.29) is 23.3 Å². The van der Waals surface area contributed by atoms with Gasteiger partial charge in [-0.2, -0.15) is 0 Å². The van der Waals surface area contributed by atoms with Crippen LogP contribution >= 0.6 is 0 Å². The fourth-order valence-corrected chi connectivity index (χ4v) is 5.13. The molecule has 6 atom stereocenters. The van der Waals surface area contributed by atoms with Gasteiger partial charge in [-0.3, -0.25) is 9.59 Å². The largest absolute Gasteiger partial charge is 0.462 e. The van der Waals surface area contributed by atoms with Gasteiger partial charge in [-0.05, 0) is 61.5 Å². The molecule has 0 saturated heterocycles. The van der Waals surface area contributed by atoms with Crippen LogP contribution in [0.5, 0.6) is 0 Å². The maximum absolute atomic E-state index is 11.7. The number of ether oxygens (including phenoxy) is 1. The van der Waals surface area contributed by atoms with Gasteiger partial charge in [0.25, 0.3) is 0 Å². The van der Waals surface area contributed by atoms with Gasteiger partial charge in [0.15, 0.2) is 5.78 Å². The van der Waals surface area contributed by atoms with Gasteiger partial charge in [0.2, 0.25) is 0 Å². The van der Waals surface area contributed by atoms with Crippen LogP contribution in [0.15, 0.2) is 23.8 Å². The topological polar surface area (TPSA) is 43.4 Å². The van der Waals surface area contributed by atoms with Crippen molar-refractivity contribution < 1.29 is 14.3 Å². The molecule has 3 nitrogen and oxygen atoms in total. The Balaban J connectivity index is 1.85. The quantitative estimate of drug-likeness (QED) is 0.721. The molecule has 3 rings (SSSR count). The van der Waals surface area contributed by atoms with Crippen LogP contribution in [0.25, 0.3) is 0 Å². The van der Waals surface area contributed by atoms with Crippen molar-refractivity contribution in [3.05, 3.63) is 23.8 Å². The fraction of sp³-hybridized carbons (Fsp3) is 0.700. The second-order valence-electron chi connectivity index (χ2n) is 7.94. The molecule has 0 radical (unpaired) electrons. The van der Waals surface area contributed by atoms with E-state index in [1.807, 2.05) is 13.0 Å². The standard InChI is InChI=1S/C20H28O3/c1-12-17-7-5-15-11-16(22)6-8-18(15)19(17)9-10-20(12,4)13(2)23-14(3)21/h5,7,11-13,17-19H,6,8-10H2,1-4H3/t12?,13-,17?,18?,19?,20?/m0/s1. The van der Waals surface area contributed by atoms with Crippen molar-refractivity contribution in [2.75, 3.05) is 0 Å². The molecule has 0 spiro atoms. The molecule has 126 valence electrons. The van der Waals surface area contributed by atoms with E-state index in [1.165, 1.54) is 12.5 Å². The van der Waals surface area contributed by atoms with Crippen molar-refractivity contribution in [1.82, 2.24) is 0 Å². The van der Waals surface area contributed by atoms with Crippen LogP contribution in [0.3, 0.4) is 0 Å². The first-order valence-corrected chi connectivity index (χ1v) is 8.93. The van der Waals surface area contributed by atoms with Gasteiger partial charge in [0, 0.05) is 18.8 Å². The van der Waals surface area contributed by atoms with Crippen LogP contribution in [0.4, 0.5) is 0 Å². The molecule has 0 heterocycles. The predicted molar refractivity (Wildman–Crippen MR) is 89.7 cm³/mol. The SMILES string of the molecule is CC(=O)O[C@@H](C)C1(C)CCC2C3CCC(=O)C=C3C=CC2C1C. The van der Waals surface area contributed by atoms with E-state index in [0.717, 1.165) is 19.3 Å². The zero-order chi connectivity index (χ0) is 16.8. The van der Waals surface area contributed by atoms with Crippen LogP contribution in [0.2, 0.25) is 0 Å². The molecule has 1 fully saturated rings. The first-order valence-electron chi connectivity index (χ1n) is 8.93. The van der Waals surface area contributed by atoms with Gasteiger partial charge >= 0.3 is 5.97 Å². The number of esters is 1. The van der Waals surface area contributed by atoms with Crippen molar-refractivity contribution in [2.45, 2.75) is 59.5 Å². The summed E-state index contributed by atoms with van der Waals surface area (Å²) in [6.07, 6.45) is 10.2. The number of rotatable bonds is 2. The summed E-state index contributed by atoms with van der Waals surface area (Å²) in [6.45, 7) is 8.11. The van der Waals surface area contributed by atoms with Crippen LogP contribution in [-0.4, -0.2) is 17.9 Å². The molecule has 3 heteroatoms. The molecular formula is C20H28O3. The van der Waals surface area contributed by atoms with Crippen LogP contribution in [0, 0.1) is 29.1 Å². The normalized spacial score (nSPS) is 40.7. The highest BCUT2D eigenvalue weighted by atomic mass is 16.5. The van der Waals surface area contributed by atoms with E-state index in [0.29, 0.717) is 30.1 Å². The number of hydrogen-bond acceptors (Lipinski definition) is 3. The van der Waals surface area contributed by atoms with Crippen LogP contribution < -0.4 is 0 Å². The Bertz CT molecular complexity index is 573. The highest BCUT2D eigenvalue weighted by Gasteiger charge is 2.50. The molecule has 3 aliphatic rings. The highest BCUT2D eigenvalue weighted by Crippen LogP contribution is 2.55. The maximum Gasteiger partial charge on any atom is 0.302 e. The summed E-state index contributed by atoms with van der Waals surface area (Å²) in [6, 6.07) is 0. The number of carbonyl (C=O) groups is 2. The third-order valence-corrected chi connectivity index (χ3v) is 6.88. The van der Waals surface area contributed by atoms with E-state index < -0.39 is 0 Å². The first-order chi connectivity index (χ1) is 10.8. The lowest BCUT2D eigenvalue weighted by Gasteiger charge is -2.53. The number of carbonyl (C=O) groups excluding carboxylic acids is 2. The summed E-state index contributed by atoms with van der Waals surface area (Å²) in [5.41, 5.74) is 1.26. The van der Waals surface area contributed by atoms with E-state index in [9.17, 15) is 9.59 Å². The minimum absolute atomic E-state index is 0.0167. The van der Waals surface area contributed by atoms with Crippen LogP contribution in [0.1, 0.15) is 53.4 Å². The molecule has 0 bridgehead atoms. The van der Waals surface area contributed by atoms with Gasteiger partial charge in [-0.1, -0.05) is 26.0 Å². The van der Waals surface area contributed by atoms with Crippen molar-refractivity contribution in [3.63, 3.8) is 0 Å². The number of allylic oxidation sites excluding steroid dienone is 4. The lowest BCUT2D eigenvalue weighted by atomic mass is 9.52. The molecule has 23 heavy (non-hydrogen) atoms. The molecule has 0 aliphatic heterocycles. The summed E-state index contributed by atoms with van der Waals surface area (Å²) < 4.78 is 5.54. The smallest absolute Gasteiger partial charge is 0.302 e. The van der Waals surface area contributed by atoms with Crippen molar-refractivity contribution in [1.29, 1.82) is 0 Å². The zero-order valence-corrected chi connectivity index (χ0v) is 14.7. The number of fused-ring (bicyclic) bond motifs is 3. The summed E-state index contributed by atoms with van der Waals surface area (Å²) in [5.74, 6) is 2.23. The molecule has 0 aromatic heterocycles. The van der Waals surface area contributed by atoms with Gasteiger partial charge < -0.3 is 4.74 Å². The molecule has 5 unspecified atom stereocenters. The van der Waals surface area contributed by atoms with Gasteiger partial charge in [-0.15, -0.1) is 0 Å². The molecule has 0 N–H and O–H groups in total. The molecule has 0 amide bonds. The Morgan fingerprint density at radius 3 is 2.83 bits per heavy atom. The fourth-order valence-electron chi connectivity index (χ4n) is 5.13. The molecule has 0 aromatic carbocycles. The summed E-state index contributed by atoms with van der Waals surface area (Å²) in [5, 5.41) is 0.